The summed E-state index contributed by atoms with van der Waals surface area (Å²) in [6.45, 7) is 8.85. The van der Waals surface area contributed by atoms with Crippen molar-refractivity contribution in [1.82, 2.24) is 0 Å². The predicted octanol–water partition coefficient (Wildman–Crippen LogP) is 4.34. The molecule has 1 aromatic carbocycles. The highest BCUT2D eigenvalue weighted by Crippen LogP contribution is 2.68. The highest BCUT2D eigenvalue weighted by atomic mass is 16.6. The zero-order valence-corrected chi connectivity index (χ0v) is 16.6. The average Bonchev–Trinajstić information content (AvgIpc) is 2.84. The molecule has 0 aromatic heterocycles. The molecule has 3 N–H and O–H groups in total. The van der Waals surface area contributed by atoms with E-state index < -0.39 is 11.5 Å². The molecule has 4 rings (SSSR count). The van der Waals surface area contributed by atoms with Gasteiger partial charge < -0.3 is 20.1 Å². The highest BCUT2D eigenvalue weighted by Gasteiger charge is 2.64. The van der Waals surface area contributed by atoms with Crippen LogP contribution in [0, 0.1) is 22.7 Å². The summed E-state index contributed by atoms with van der Waals surface area (Å²) in [5, 5.41) is 32.1. The molecule has 1 aromatic rings. The van der Waals surface area contributed by atoms with Gasteiger partial charge in [0.15, 0.2) is 17.8 Å². The van der Waals surface area contributed by atoms with Crippen LogP contribution in [-0.4, -0.2) is 27.4 Å². The second-order valence-corrected chi connectivity index (χ2v) is 9.86. The average molecular weight is 374 g/mol. The summed E-state index contributed by atoms with van der Waals surface area (Å²) in [5.41, 5.74) is 0.492. The van der Waals surface area contributed by atoms with Crippen LogP contribution in [0.4, 0.5) is 0 Å². The topological polar surface area (TPSA) is 87.0 Å². The lowest BCUT2D eigenvalue weighted by molar-refractivity contribution is -0.200. The Morgan fingerprint density at radius 1 is 1.19 bits per heavy atom. The Balaban J connectivity index is 1.99. The molecule has 2 aliphatic carbocycles. The smallest absolute Gasteiger partial charge is 0.218 e. The van der Waals surface area contributed by atoms with E-state index in [2.05, 4.69) is 20.8 Å². The molecule has 0 radical (unpaired) electrons. The Labute approximate surface area is 160 Å². The summed E-state index contributed by atoms with van der Waals surface area (Å²) < 4.78 is 6.08. The monoisotopic (exact) mass is 374 g/mol. The first-order valence-corrected chi connectivity index (χ1v) is 10.0. The van der Waals surface area contributed by atoms with Crippen molar-refractivity contribution in [3.63, 3.8) is 0 Å². The van der Waals surface area contributed by atoms with Gasteiger partial charge in [-0.3, -0.25) is 4.79 Å². The van der Waals surface area contributed by atoms with Gasteiger partial charge >= 0.3 is 0 Å². The van der Waals surface area contributed by atoms with E-state index in [1.807, 2.05) is 6.92 Å². The van der Waals surface area contributed by atoms with Crippen LogP contribution in [0.2, 0.25) is 0 Å². The number of rotatable bonds is 1. The number of phenols is 2. The third kappa shape index (κ3) is 2.30. The van der Waals surface area contributed by atoms with Crippen LogP contribution in [0.5, 0.6) is 17.2 Å². The zero-order valence-electron chi connectivity index (χ0n) is 16.6. The number of aldehydes is 1. The Morgan fingerprint density at radius 2 is 1.89 bits per heavy atom. The minimum atomic E-state index is -1.45. The van der Waals surface area contributed by atoms with Crippen LogP contribution in [0.15, 0.2) is 6.07 Å². The van der Waals surface area contributed by atoms with Crippen LogP contribution >= 0.6 is 0 Å². The molecule has 3 aliphatic rings. The molecule has 5 atom stereocenters. The SMILES string of the molecule is C[C@@H]1CC[C@H]2C(C)(C)CCC[C@]2(C)C2c3cc(O)c(O)c(C=O)c3OC21O. The molecule has 2 saturated carbocycles. The van der Waals surface area contributed by atoms with Crippen LogP contribution in [-0.2, 0) is 0 Å². The molecule has 5 heteroatoms. The lowest BCUT2D eigenvalue weighted by Gasteiger charge is -2.54. The standard InChI is InChI=1S/C22H30O5/c1-12-6-7-16-20(2,3)8-5-9-21(16,4)19-13-10-15(24)17(25)14(11-23)18(13)27-22(12,19)26/h10-12,16,19,24-26H,5-9H2,1-4H3/t12-,16+,19?,21+,22?/m1/s1. The number of aromatic hydroxyl groups is 2. The molecule has 0 spiro atoms. The van der Waals surface area contributed by atoms with Crippen molar-refractivity contribution in [3.8, 4) is 17.2 Å². The van der Waals surface area contributed by atoms with E-state index >= 15 is 0 Å². The van der Waals surface area contributed by atoms with Gasteiger partial charge in [0.1, 0.15) is 11.3 Å². The second-order valence-electron chi connectivity index (χ2n) is 9.86. The van der Waals surface area contributed by atoms with Gasteiger partial charge in [0, 0.05) is 11.5 Å². The molecule has 27 heavy (non-hydrogen) atoms. The summed E-state index contributed by atoms with van der Waals surface area (Å²) in [6.07, 6.45) is 5.53. The van der Waals surface area contributed by atoms with Crippen LogP contribution in [0.25, 0.3) is 0 Å². The quantitative estimate of drug-likeness (QED) is 0.503. The Morgan fingerprint density at radius 3 is 2.56 bits per heavy atom. The molecule has 1 heterocycles. The first kappa shape index (κ1) is 18.6. The van der Waals surface area contributed by atoms with Crippen LogP contribution in [0.3, 0.4) is 0 Å². The van der Waals surface area contributed by atoms with Gasteiger partial charge in [-0.1, -0.05) is 34.1 Å². The van der Waals surface area contributed by atoms with Gasteiger partial charge in [0.25, 0.3) is 0 Å². The lowest BCUT2D eigenvalue weighted by atomic mass is 9.50. The molecule has 2 unspecified atom stereocenters. The first-order valence-electron chi connectivity index (χ1n) is 10.0. The van der Waals surface area contributed by atoms with E-state index in [0.29, 0.717) is 17.8 Å². The summed E-state index contributed by atoms with van der Waals surface area (Å²) in [7, 11) is 0. The minimum absolute atomic E-state index is 0.0751. The van der Waals surface area contributed by atoms with E-state index in [4.69, 9.17) is 4.74 Å². The van der Waals surface area contributed by atoms with Crippen molar-refractivity contribution in [2.75, 3.05) is 0 Å². The summed E-state index contributed by atoms with van der Waals surface area (Å²) in [6, 6.07) is 1.49. The Bertz CT molecular complexity index is 800. The molecular formula is C22H30O5. The minimum Gasteiger partial charge on any atom is -0.504 e. The van der Waals surface area contributed by atoms with Crippen molar-refractivity contribution in [3.05, 3.63) is 17.2 Å². The van der Waals surface area contributed by atoms with E-state index in [1.165, 1.54) is 6.07 Å². The van der Waals surface area contributed by atoms with Gasteiger partial charge in [-0.25, -0.2) is 0 Å². The van der Waals surface area contributed by atoms with Crippen molar-refractivity contribution < 1.29 is 24.9 Å². The van der Waals surface area contributed by atoms with E-state index in [0.717, 1.165) is 32.1 Å². The molecule has 0 amide bonds. The molecular weight excluding hydrogens is 344 g/mol. The number of fused-ring (bicyclic) bond motifs is 5. The number of phenolic OH excluding ortho intramolecular Hbond substituents is 2. The molecule has 5 nitrogen and oxygen atoms in total. The maximum absolute atomic E-state index is 11.8. The van der Waals surface area contributed by atoms with Crippen molar-refractivity contribution >= 4 is 6.29 Å². The largest absolute Gasteiger partial charge is 0.504 e. The van der Waals surface area contributed by atoms with Gasteiger partial charge in [0.05, 0.1) is 5.92 Å². The molecule has 148 valence electrons. The summed E-state index contributed by atoms with van der Waals surface area (Å²) in [4.78, 5) is 11.6. The number of ether oxygens (including phenoxy) is 1. The number of aliphatic hydroxyl groups is 1. The second kappa shape index (κ2) is 5.63. The van der Waals surface area contributed by atoms with E-state index in [-0.39, 0.29) is 39.7 Å². The van der Waals surface area contributed by atoms with E-state index in [1.54, 1.807) is 0 Å². The molecule has 2 fully saturated rings. The Kier molecular flexibility index (Phi) is 3.88. The van der Waals surface area contributed by atoms with Gasteiger partial charge in [0.2, 0.25) is 5.79 Å². The van der Waals surface area contributed by atoms with Crippen molar-refractivity contribution in [1.29, 1.82) is 0 Å². The fourth-order valence-corrected chi connectivity index (χ4v) is 6.63. The maximum Gasteiger partial charge on any atom is 0.218 e. The lowest BCUT2D eigenvalue weighted by Crippen LogP contribution is -2.52. The fraction of sp³-hybridized carbons (Fsp3) is 0.682. The molecule has 1 aliphatic heterocycles. The van der Waals surface area contributed by atoms with Crippen molar-refractivity contribution in [2.24, 2.45) is 22.7 Å². The normalized spacial score (nSPS) is 39.5. The molecule has 0 bridgehead atoms. The number of carbonyl (C=O) groups is 1. The zero-order chi connectivity index (χ0) is 19.8. The highest BCUT2D eigenvalue weighted by molar-refractivity contribution is 5.87. The Hall–Kier alpha value is -1.75. The predicted molar refractivity (Wildman–Crippen MR) is 101 cm³/mol. The number of hydrogen-bond acceptors (Lipinski definition) is 5. The van der Waals surface area contributed by atoms with Crippen molar-refractivity contribution in [2.45, 2.75) is 71.5 Å². The maximum atomic E-state index is 11.8. The first-order chi connectivity index (χ1) is 12.6. The van der Waals surface area contributed by atoms with Gasteiger partial charge in [-0.05, 0) is 48.5 Å². The number of hydrogen-bond donors (Lipinski definition) is 3. The summed E-state index contributed by atoms with van der Waals surface area (Å²) in [5.74, 6) is -2.13. The summed E-state index contributed by atoms with van der Waals surface area (Å²) >= 11 is 0. The third-order valence-corrected chi connectivity index (χ3v) is 7.93. The number of benzene rings is 1. The van der Waals surface area contributed by atoms with Gasteiger partial charge in [-0.15, -0.1) is 0 Å². The fourth-order valence-electron chi connectivity index (χ4n) is 6.63. The van der Waals surface area contributed by atoms with Crippen LogP contribution < -0.4 is 4.74 Å². The van der Waals surface area contributed by atoms with Crippen LogP contribution in [0.1, 0.15) is 81.6 Å². The third-order valence-electron chi connectivity index (χ3n) is 7.93. The van der Waals surface area contributed by atoms with E-state index in [9.17, 15) is 20.1 Å². The van der Waals surface area contributed by atoms with Gasteiger partial charge in [-0.2, -0.15) is 0 Å². The molecule has 0 saturated heterocycles. The number of carbonyl (C=O) groups excluding carboxylic acids is 1.